The van der Waals surface area contributed by atoms with E-state index in [1.807, 2.05) is 0 Å². The van der Waals surface area contributed by atoms with E-state index in [0.717, 1.165) is 19.5 Å². The highest BCUT2D eigenvalue weighted by molar-refractivity contribution is 5.72. The molecule has 16 heavy (non-hydrogen) atoms. The van der Waals surface area contributed by atoms with Crippen molar-refractivity contribution in [1.29, 1.82) is 0 Å². The number of carboxylic acids is 1. The number of nitrogens with zero attached hydrogens (tertiary/aromatic N) is 2. The Kier molecular flexibility index (Phi) is 3.82. The second-order valence-corrected chi connectivity index (χ2v) is 5.17. The summed E-state index contributed by atoms with van der Waals surface area (Å²) in [4.78, 5) is 15.5. The molecule has 0 radical (unpaired) electrons. The van der Waals surface area contributed by atoms with Crippen molar-refractivity contribution in [3.05, 3.63) is 0 Å². The lowest BCUT2D eigenvalue weighted by Gasteiger charge is -2.22. The average Bonchev–Trinajstić information content (AvgIpc) is 2.88. The maximum atomic E-state index is 10.9. The first kappa shape index (κ1) is 11.9. The molecule has 0 spiro atoms. The highest BCUT2D eigenvalue weighted by atomic mass is 16.4. The Bertz CT molecular complexity index is 251. The van der Waals surface area contributed by atoms with Gasteiger partial charge in [-0.3, -0.25) is 9.69 Å². The zero-order valence-electron chi connectivity index (χ0n) is 10.1. The van der Waals surface area contributed by atoms with Crippen LogP contribution in [0.2, 0.25) is 0 Å². The number of aliphatic carboxylic acids is 1. The number of rotatable bonds is 4. The maximum absolute atomic E-state index is 10.9. The molecule has 2 saturated heterocycles. The SMILES string of the molecule is CC(C(=O)O)N1CCC(CN2CCCC2)C1. The molecule has 0 aromatic carbocycles. The summed E-state index contributed by atoms with van der Waals surface area (Å²) in [5.41, 5.74) is 0. The highest BCUT2D eigenvalue weighted by Crippen LogP contribution is 2.21. The van der Waals surface area contributed by atoms with Crippen molar-refractivity contribution in [2.45, 2.75) is 32.2 Å². The van der Waals surface area contributed by atoms with Crippen molar-refractivity contribution >= 4 is 5.97 Å². The third-order valence-electron chi connectivity index (χ3n) is 3.94. The molecule has 0 aliphatic carbocycles. The monoisotopic (exact) mass is 226 g/mol. The van der Waals surface area contributed by atoms with Gasteiger partial charge in [0, 0.05) is 13.1 Å². The van der Waals surface area contributed by atoms with Crippen molar-refractivity contribution in [2.24, 2.45) is 5.92 Å². The Labute approximate surface area is 97.2 Å². The summed E-state index contributed by atoms with van der Waals surface area (Å²) in [6, 6.07) is -0.316. The van der Waals surface area contributed by atoms with Crippen LogP contribution in [0.1, 0.15) is 26.2 Å². The van der Waals surface area contributed by atoms with E-state index in [1.165, 1.54) is 32.5 Å². The van der Waals surface area contributed by atoms with Gasteiger partial charge in [0.25, 0.3) is 0 Å². The normalized spacial score (nSPS) is 29.7. The van der Waals surface area contributed by atoms with E-state index < -0.39 is 5.97 Å². The van der Waals surface area contributed by atoms with Gasteiger partial charge in [-0.15, -0.1) is 0 Å². The summed E-state index contributed by atoms with van der Waals surface area (Å²) < 4.78 is 0. The molecule has 0 saturated carbocycles. The summed E-state index contributed by atoms with van der Waals surface area (Å²) in [7, 11) is 0. The van der Waals surface area contributed by atoms with Crippen molar-refractivity contribution in [3.63, 3.8) is 0 Å². The Morgan fingerprint density at radius 1 is 1.38 bits per heavy atom. The van der Waals surface area contributed by atoms with Crippen LogP contribution in [0, 0.1) is 5.92 Å². The van der Waals surface area contributed by atoms with E-state index in [-0.39, 0.29) is 6.04 Å². The van der Waals surface area contributed by atoms with Gasteiger partial charge in [0.1, 0.15) is 6.04 Å². The van der Waals surface area contributed by atoms with E-state index in [9.17, 15) is 4.79 Å². The second kappa shape index (κ2) is 5.15. The van der Waals surface area contributed by atoms with Gasteiger partial charge in [0.05, 0.1) is 0 Å². The Hall–Kier alpha value is -0.610. The molecule has 2 aliphatic rings. The zero-order valence-corrected chi connectivity index (χ0v) is 10.1. The summed E-state index contributed by atoms with van der Waals surface area (Å²) in [6.45, 7) is 7.36. The minimum Gasteiger partial charge on any atom is -0.480 e. The van der Waals surface area contributed by atoms with Crippen LogP contribution in [-0.4, -0.2) is 59.6 Å². The van der Waals surface area contributed by atoms with Gasteiger partial charge in [0.2, 0.25) is 0 Å². The molecular weight excluding hydrogens is 204 g/mol. The molecule has 2 unspecified atom stereocenters. The number of carbonyl (C=O) groups is 1. The summed E-state index contributed by atoms with van der Waals surface area (Å²) in [5, 5.41) is 8.96. The molecule has 2 heterocycles. The fourth-order valence-electron chi connectivity index (χ4n) is 2.85. The molecular formula is C12H22N2O2. The predicted molar refractivity (Wildman–Crippen MR) is 62.5 cm³/mol. The van der Waals surface area contributed by atoms with E-state index in [2.05, 4.69) is 9.80 Å². The third kappa shape index (κ3) is 2.74. The minimum atomic E-state index is -0.693. The largest absolute Gasteiger partial charge is 0.480 e. The third-order valence-corrected chi connectivity index (χ3v) is 3.94. The Balaban J connectivity index is 1.76. The van der Waals surface area contributed by atoms with Crippen LogP contribution >= 0.6 is 0 Å². The van der Waals surface area contributed by atoms with Gasteiger partial charge in [-0.1, -0.05) is 0 Å². The molecule has 2 rings (SSSR count). The number of hydrogen-bond donors (Lipinski definition) is 1. The molecule has 0 bridgehead atoms. The standard InChI is InChI=1S/C12H22N2O2/c1-10(12(15)16)14-7-4-11(9-14)8-13-5-2-3-6-13/h10-11H,2-9H2,1H3,(H,15,16). The van der Waals surface area contributed by atoms with Crippen LogP contribution in [-0.2, 0) is 4.79 Å². The first-order chi connectivity index (χ1) is 7.66. The molecule has 4 heteroatoms. The lowest BCUT2D eigenvalue weighted by molar-refractivity contribution is -0.142. The topological polar surface area (TPSA) is 43.8 Å². The van der Waals surface area contributed by atoms with Crippen LogP contribution < -0.4 is 0 Å². The van der Waals surface area contributed by atoms with Crippen LogP contribution in [0.15, 0.2) is 0 Å². The fourth-order valence-corrected chi connectivity index (χ4v) is 2.85. The molecule has 2 fully saturated rings. The Morgan fingerprint density at radius 2 is 2.06 bits per heavy atom. The summed E-state index contributed by atoms with van der Waals surface area (Å²) in [6.07, 6.45) is 3.83. The van der Waals surface area contributed by atoms with Gasteiger partial charge < -0.3 is 10.0 Å². The van der Waals surface area contributed by atoms with E-state index >= 15 is 0 Å². The molecule has 0 amide bonds. The highest BCUT2D eigenvalue weighted by Gasteiger charge is 2.30. The van der Waals surface area contributed by atoms with Crippen molar-refractivity contribution in [2.75, 3.05) is 32.7 Å². The molecule has 1 N–H and O–H groups in total. The smallest absolute Gasteiger partial charge is 0.320 e. The average molecular weight is 226 g/mol. The zero-order chi connectivity index (χ0) is 11.5. The quantitative estimate of drug-likeness (QED) is 0.773. The lowest BCUT2D eigenvalue weighted by atomic mass is 10.1. The van der Waals surface area contributed by atoms with Crippen molar-refractivity contribution in [3.8, 4) is 0 Å². The van der Waals surface area contributed by atoms with Gasteiger partial charge >= 0.3 is 5.97 Å². The molecule has 0 aromatic rings. The second-order valence-electron chi connectivity index (χ2n) is 5.17. The van der Waals surface area contributed by atoms with Crippen LogP contribution in [0.25, 0.3) is 0 Å². The van der Waals surface area contributed by atoms with Gasteiger partial charge in [-0.25, -0.2) is 0 Å². The van der Waals surface area contributed by atoms with Crippen molar-refractivity contribution in [1.82, 2.24) is 9.80 Å². The van der Waals surface area contributed by atoms with Crippen LogP contribution in [0.4, 0.5) is 0 Å². The van der Waals surface area contributed by atoms with E-state index in [1.54, 1.807) is 6.92 Å². The molecule has 0 aromatic heterocycles. The minimum absolute atomic E-state index is 0.316. The number of likely N-dealkylation sites (tertiary alicyclic amines) is 2. The van der Waals surface area contributed by atoms with Gasteiger partial charge in [-0.05, 0) is 51.7 Å². The molecule has 2 atom stereocenters. The Morgan fingerprint density at radius 3 is 2.69 bits per heavy atom. The first-order valence-electron chi connectivity index (χ1n) is 6.36. The maximum Gasteiger partial charge on any atom is 0.320 e. The summed E-state index contributed by atoms with van der Waals surface area (Å²) >= 11 is 0. The van der Waals surface area contributed by atoms with Crippen LogP contribution in [0.5, 0.6) is 0 Å². The molecule has 2 aliphatic heterocycles. The first-order valence-corrected chi connectivity index (χ1v) is 6.36. The fraction of sp³-hybridized carbons (Fsp3) is 0.917. The van der Waals surface area contributed by atoms with Gasteiger partial charge in [0.15, 0.2) is 0 Å². The predicted octanol–water partition coefficient (Wildman–Crippen LogP) is 0.877. The number of carboxylic acid groups (broad SMARTS) is 1. The lowest BCUT2D eigenvalue weighted by Crippen LogP contribution is -2.38. The van der Waals surface area contributed by atoms with Gasteiger partial charge in [-0.2, -0.15) is 0 Å². The van der Waals surface area contributed by atoms with Crippen LogP contribution in [0.3, 0.4) is 0 Å². The molecule has 92 valence electrons. The van der Waals surface area contributed by atoms with Crippen molar-refractivity contribution < 1.29 is 9.90 Å². The van der Waals surface area contributed by atoms with E-state index in [0.29, 0.717) is 5.92 Å². The summed E-state index contributed by atoms with van der Waals surface area (Å²) in [5.74, 6) is -0.0123. The number of hydrogen-bond acceptors (Lipinski definition) is 3. The molecule has 4 nitrogen and oxygen atoms in total. The van der Waals surface area contributed by atoms with E-state index in [4.69, 9.17) is 5.11 Å².